The zero-order valence-corrected chi connectivity index (χ0v) is 14.7. The van der Waals surface area contributed by atoms with Crippen LogP contribution in [0.1, 0.15) is 34.5 Å². The number of aliphatic hydroxyl groups excluding tert-OH is 1. The Morgan fingerprint density at radius 3 is 2.88 bits per heavy atom. The number of para-hydroxylation sites is 1. The number of methoxy groups -OCH3 is 1. The molecule has 2 aliphatic rings. The number of ether oxygens (including phenoxy) is 1. The molecule has 6 heteroatoms. The van der Waals surface area contributed by atoms with Gasteiger partial charge in [-0.05, 0) is 29.3 Å². The van der Waals surface area contributed by atoms with E-state index in [9.17, 15) is 14.7 Å². The van der Waals surface area contributed by atoms with Crippen LogP contribution in [0.3, 0.4) is 0 Å². The molecule has 0 fully saturated rings. The lowest BCUT2D eigenvalue weighted by atomic mass is 9.94. The number of anilines is 1. The first kappa shape index (κ1) is 16.8. The molecule has 2 unspecified atom stereocenters. The number of aromatic nitrogens is 1. The number of fused-ring (bicyclic) bond motifs is 4. The van der Waals surface area contributed by atoms with E-state index in [4.69, 9.17) is 4.74 Å². The van der Waals surface area contributed by atoms with Gasteiger partial charge in [-0.15, -0.1) is 0 Å². The number of likely N-dealkylation sites (N-methyl/N-ethyl adjacent to an activating group) is 1. The van der Waals surface area contributed by atoms with Crippen molar-refractivity contribution in [3.63, 3.8) is 0 Å². The molecule has 0 radical (unpaired) electrons. The largest absolute Gasteiger partial charge is 0.381 e. The van der Waals surface area contributed by atoms with E-state index in [2.05, 4.69) is 17.0 Å². The fourth-order valence-corrected chi connectivity index (χ4v) is 4.04. The number of rotatable bonds is 4. The maximum Gasteiger partial charge on any atom is 0.257 e. The Labute approximate surface area is 150 Å². The highest BCUT2D eigenvalue weighted by molar-refractivity contribution is 5.76. The molecule has 3 heterocycles. The van der Waals surface area contributed by atoms with E-state index in [1.54, 1.807) is 10.6 Å². The maximum absolute atomic E-state index is 13.0. The molecule has 6 nitrogen and oxygen atoms in total. The summed E-state index contributed by atoms with van der Waals surface area (Å²) < 4.78 is 6.85. The van der Waals surface area contributed by atoms with E-state index >= 15 is 0 Å². The van der Waals surface area contributed by atoms with Gasteiger partial charge in [-0.25, -0.2) is 0 Å². The second-order valence-electron chi connectivity index (χ2n) is 6.70. The van der Waals surface area contributed by atoms with Gasteiger partial charge in [0, 0.05) is 43.2 Å². The number of aliphatic hydroxyl groups is 1. The van der Waals surface area contributed by atoms with Crippen LogP contribution < -0.4 is 10.5 Å². The predicted octanol–water partition coefficient (Wildman–Crippen LogP) is 1.82. The smallest absolute Gasteiger partial charge is 0.257 e. The number of carbonyl (C=O) groups excluding carboxylic acids is 1. The molecule has 0 saturated carbocycles. The molecule has 1 N–H and O–H groups in total. The van der Waals surface area contributed by atoms with Crippen molar-refractivity contribution in [1.29, 1.82) is 0 Å². The number of pyridine rings is 1. The quantitative estimate of drug-likeness (QED) is 0.850. The Balaban J connectivity index is 1.92. The summed E-state index contributed by atoms with van der Waals surface area (Å²) in [5.74, 6) is 0. The number of hydrogen-bond donors (Lipinski definition) is 1. The van der Waals surface area contributed by atoms with E-state index in [-0.39, 0.29) is 18.2 Å². The minimum atomic E-state index is -1.34. The van der Waals surface area contributed by atoms with E-state index in [1.807, 2.05) is 25.2 Å². The SMILES string of the molecule is COCc1c(C(O)C=O)cc2n(c1=O)CC1=Cc3ccccc3N(C)C12. The normalized spacial score (nSPS) is 18.7. The molecule has 0 bridgehead atoms. The monoisotopic (exact) mass is 352 g/mol. The number of benzene rings is 1. The first-order valence-corrected chi connectivity index (χ1v) is 8.48. The molecule has 0 amide bonds. The van der Waals surface area contributed by atoms with Gasteiger partial charge in [0.1, 0.15) is 6.10 Å². The average Bonchev–Trinajstić information content (AvgIpc) is 3.02. The van der Waals surface area contributed by atoms with Gasteiger partial charge in [0.15, 0.2) is 6.29 Å². The number of carbonyl (C=O) groups is 1. The molecule has 1 aromatic heterocycles. The molecule has 26 heavy (non-hydrogen) atoms. The molecule has 134 valence electrons. The Bertz CT molecular complexity index is 976. The van der Waals surface area contributed by atoms with Crippen LogP contribution in [0.4, 0.5) is 5.69 Å². The fourth-order valence-electron chi connectivity index (χ4n) is 4.04. The summed E-state index contributed by atoms with van der Waals surface area (Å²) in [6.07, 6.45) is 1.22. The Kier molecular flexibility index (Phi) is 4.01. The third kappa shape index (κ3) is 2.34. The summed E-state index contributed by atoms with van der Waals surface area (Å²) in [7, 11) is 3.48. The van der Waals surface area contributed by atoms with E-state index < -0.39 is 6.10 Å². The van der Waals surface area contributed by atoms with Gasteiger partial charge in [-0.3, -0.25) is 4.79 Å². The molecule has 2 aromatic rings. The van der Waals surface area contributed by atoms with Crippen molar-refractivity contribution < 1.29 is 14.6 Å². The molecule has 0 saturated heterocycles. The van der Waals surface area contributed by atoms with E-state index in [1.165, 1.54) is 7.11 Å². The second-order valence-corrected chi connectivity index (χ2v) is 6.70. The molecular weight excluding hydrogens is 332 g/mol. The third-order valence-electron chi connectivity index (χ3n) is 5.22. The molecule has 4 rings (SSSR count). The lowest BCUT2D eigenvalue weighted by molar-refractivity contribution is -0.115. The van der Waals surface area contributed by atoms with Crippen LogP contribution in [0.25, 0.3) is 6.08 Å². The number of hydrogen-bond acceptors (Lipinski definition) is 5. The Morgan fingerprint density at radius 2 is 2.15 bits per heavy atom. The van der Waals surface area contributed by atoms with Crippen LogP contribution >= 0.6 is 0 Å². The van der Waals surface area contributed by atoms with Crippen molar-refractivity contribution in [3.8, 4) is 0 Å². The first-order chi connectivity index (χ1) is 12.6. The molecule has 0 aliphatic carbocycles. The van der Waals surface area contributed by atoms with Gasteiger partial charge >= 0.3 is 0 Å². The lowest BCUT2D eigenvalue weighted by Gasteiger charge is -2.33. The predicted molar refractivity (Wildman–Crippen MR) is 98.0 cm³/mol. The molecule has 1 aromatic carbocycles. The standard InChI is InChI=1S/C20H20N2O4/c1-21-16-6-4-3-5-12(16)7-13-9-22-17(19(13)21)8-14(18(24)10-23)15(11-26-2)20(22)25/h3-8,10,18-19,24H,9,11H2,1-2H3. The highest BCUT2D eigenvalue weighted by Crippen LogP contribution is 2.44. The molecule has 2 atom stereocenters. The van der Waals surface area contributed by atoms with Gasteiger partial charge < -0.3 is 24.1 Å². The van der Waals surface area contributed by atoms with Crippen molar-refractivity contribution >= 4 is 18.0 Å². The van der Waals surface area contributed by atoms with Crippen molar-refractivity contribution in [3.05, 3.63) is 68.6 Å². The van der Waals surface area contributed by atoms with Gasteiger partial charge in [0.25, 0.3) is 5.56 Å². The maximum atomic E-state index is 13.0. The van der Waals surface area contributed by atoms with Gasteiger partial charge in [-0.1, -0.05) is 18.2 Å². The first-order valence-electron chi connectivity index (χ1n) is 8.48. The van der Waals surface area contributed by atoms with Crippen molar-refractivity contribution in [1.82, 2.24) is 4.57 Å². The summed E-state index contributed by atoms with van der Waals surface area (Å²) in [6.45, 7) is 0.546. The van der Waals surface area contributed by atoms with Crippen LogP contribution in [-0.2, 0) is 22.7 Å². The lowest BCUT2D eigenvalue weighted by Crippen LogP contribution is -2.30. The van der Waals surface area contributed by atoms with Crippen LogP contribution in [0.5, 0.6) is 0 Å². The molecule has 0 spiro atoms. The summed E-state index contributed by atoms with van der Waals surface area (Å²) in [6, 6.07) is 9.76. The van der Waals surface area contributed by atoms with Gasteiger partial charge in [0.2, 0.25) is 0 Å². The van der Waals surface area contributed by atoms with Crippen molar-refractivity contribution in [2.24, 2.45) is 0 Å². The average molecular weight is 352 g/mol. The highest BCUT2D eigenvalue weighted by Gasteiger charge is 2.36. The minimum Gasteiger partial charge on any atom is -0.381 e. The second kappa shape index (κ2) is 6.23. The molecular formula is C20H20N2O4. The fraction of sp³-hybridized carbons (Fsp3) is 0.300. The van der Waals surface area contributed by atoms with Crippen molar-refractivity contribution in [2.45, 2.75) is 25.3 Å². The van der Waals surface area contributed by atoms with Crippen LogP contribution in [0, 0.1) is 0 Å². The van der Waals surface area contributed by atoms with Crippen LogP contribution in [0.15, 0.2) is 40.7 Å². The van der Waals surface area contributed by atoms with Crippen molar-refractivity contribution in [2.75, 3.05) is 19.1 Å². The summed E-state index contributed by atoms with van der Waals surface area (Å²) in [5.41, 5.74) is 4.54. The number of nitrogens with zero attached hydrogens (tertiary/aromatic N) is 2. The zero-order valence-electron chi connectivity index (χ0n) is 14.7. The minimum absolute atomic E-state index is 0.0547. The Morgan fingerprint density at radius 1 is 1.38 bits per heavy atom. The summed E-state index contributed by atoms with van der Waals surface area (Å²) in [5, 5.41) is 10.1. The van der Waals surface area contributed by atoms with Gasteiger partial charge in [0.05, 0.1) is 12.6 Å². The zero-order chi connectivity index (χ0) is 18.4. The Hall–Kier alpha value is -2.70. The number of aldehydes is 1. The molecule has 2 aliphatic heterocycles. The van der Waals surface area contributed by atoms with Crippen LogP contribution in [0.2, 0.25) is 0 Å². The topological polar surface area (TPSA) is 71.8 Å². The highest BCUT2D eigenvalue weighted by atomic mass is 16.5. The third-order valence-corrected chi connectivity index (χ3v) is 5.22. The van der Waals surface area contributed by atoms with E-state index in [0.717, 1.165) is 22.5 Å². The van der Waals surface area contributed by atoms with Gasteiger partial charge in [-0.2, -0.15) is 0 Å². The summed E-state index contributed by atoms with van der Waals surface area (Å²) in [4.78, 5) is 26.3. The summed E-state index contributed by atoms with van der Waals surface area (Å²) >= 11 is 0. The van der Waals surface area contributed by atoms with E-state index in [0.29, 0.717) is 24.0 Å². The van der Waals surface area contributed by atoms with Crippen LogP contribution in [-0.4, -0.2) is 30.1 Å².